The SMILES string of the molecule is CC(CC(CN)CO)c1ccccc1Br. The van der Waals surface area contributed by atoms with E-state index in [-0.39, 0.29) is 12.5 Å². The van der Waals surface area contributed by atoms with Crippen molar-refractivity contribution in [2.24, 2.45) is 11.7 Å². The Balaban J connectivity index is 2.68. The van der Waals surface area contributed by atoms with Crippen LogP contribution in [0.4, 0.5) is 0 Å². The van der Waals surface area contributed by atoms with Gasteiger partial charge in [0, 0.05) is 11.1 Å². The van der Waals surface area contributed by atoms with Gasteiger partial charge in [0.25, 0.3) is 0 Å². The summed E-state index contributed by atoms with van der Waals surface area (Å²) in [5.41, 5.74) is 6.86. The highest BCUT2D eigenvalue weighted by molar-refractivity contribution is 9.10. The Labute approximate surface area is 99.6 Å². The molecule has 1 aromatic rings. The molecule has 0 saturated carbocycles. The van der Waals surface area contributed by atoms with Gasteiger partial charge in [-0.2, -0.15) is 0 Å². The highest BCUT2D eigenvalue weighted by Crippen LogP contribution is 2.28. The first-order valence-electron chi connectivity index (χ1n) is 5.24. The number of aliphatic hydroxyl groups excluding tert-OH is 1. The van der Waals surface area contributed by atoms with Crippen LogP contribution in [0.15, 0.2) is 28.7 Å². The molecule has 0 spiro atoms. The fourth-order valence-electron chi connectivity index (χ4n) is 1.75. The summed E-state index contributed by atoms with van der Waals surface area (Å²) in [5.74, 6) is 0.619. The minimum absolute atomic E-state index is 0.172. The predicted octanol–water partition coefficient (Wildman–Crippen LogP) is 2.51. The fourth-order valence-corrected chi connectivity index (χ4v) is 2.42. The number of hydrogen-bond acceptors (Lipinski definition) is 2. The molecule has 2 unspecified atom stereocenters. The summed E-state index contributed by atoms with van der Waals surface area (Å²) in [6, 6.07) is 8.20. The molecule has 0 bridgehead atoms. The van der Waals surface area contributed by atoms with Crippen molar-refractivity contribution in [2.75, 3.05) is 13.2 Å². The quantitative estimate of drug-likeness (QED) is 0.865. The van der Waals surface area contributed by atoms with Gasteiger partial charge in [-0.15, -0.1) is 0 Å². The fraction of sp³-hybridized carbons (Fsp3) is 0.500. The Kier molecular flexibility index (Phi) is 5.29. The molecule has 3 N–H and O–H groups in total. The second-order valence-corrected chi connectivity index (χ2v) is 4.80. The lowest BCUT2D eigenvalue weighted by molar-refractivity contribution is 0.217. The van der Waals surface area contributed by atoms with Gasteiger partial charge < -0.3 is 10.8 Å². The van der Waals surface area contributed by atoms with Crippen LogP contribution in [0, 0.1) is 5.92 Å². The average Bonchev–Trinajstić information content (AvgIpc) is 2.26. The highest BCUT2D eigenvalue weighted by Gasteiger charge is 2.14. The van der Waals surface area contributed by atoms with Crippen molar-refractivity contribution in [3.05, 3.63) is 34.3 Å². The summed E-state index contributed by atoms with van der Waals surface area (Å²) < 4.78 is 1.13. The molecule has 0 aliphatic rings. The van der Waals surface area contributed by atoms with Crippen molar-refractivity contribution in [3.63, 3.8) is 0 Å². The molecule has 0 fully saturated rings. The van der Waals surface area contributed by atoms with Crippen molar-refractivity contribution < 1.29 is 5.11 Å². The van der Waals surface area contributed by atoms with Crippen LogP contribution in [0.25, 0.3) is 0 Å². The average molecular weight is 272 g/mol. The molecular weight excluding hydrogens is 254 g/mol. The molecule has 84 valence electrons. The van der Waals surface area contributed by atoms with Gasteiger partial charge >= 0.3 is 0 Å². The number of rotatable bonds is 5. The molecule has 0 amide bonds. The maximum atomic E-state index is 9.10. The van der Waals surface area contributed by atoms with Crippen LogP contribution in [0.5, 0.6) is 0 Å². The van der Waals surface area contributed by atoms with Gasteiger partial charge in [0.15, 0.2) is 0 Å². The predicted molar refractivity (Wildman–Crippen MR) is 66.8 cm³/mol. The molecule has 0 aromatic heterocycles. The summed E-state index contributed by atoms with van der Waals surface area (Å²) in [6.07, 6.45) is 0.926. The highest BCUT2D eigenvalue weighted by atomic mass is 79.9. The van der Waals surface area contributed by atoms with E-state index in [1.165, 1.54) is 5.56 Å². The Bertz CT molecular complexity index is 299. The van der Waals surface area contributed by atoms with Crippen LogP contribution in [0.1, 0.15) is 24.8 Å². The maximum Gasteiger partial charge on any atom is 0.0471 e. The van der Waals surface area contributed by atoms with E-state index in [1.54, 1.807) is 0 Å². The van der Waals surface area contributed by atoms with E-state index < -0.39 is 0 Å². The second-order valence-electron chi connectivity index (χ2n) is 3.94. The normalized spacial score (nSPS) is 14.9. The lowest BCUT2D eigenvalue weighted by atomic mass is 9.91. The van der Waals surface area contributed by atoms with Crippen LogP contribution in [0.3, 0.4) is 0 Å². The minimum atomic E-state index is 0.172. The van der Waals surface area contributed by atoms with Gasteiger partial charge in [0.05, 0.1) is 0 Å². The van der Waals surface area contributed by atoms with Gasteiger partial charge in [-0.05, 0) is 36.4 Å². The van der Waals surface area contributed by atoms with E-state index in [0.717, 1.165) is 10.9 Å². The van der Waals surface area contributed by atoms with Crippen LogP contribution < -0.4 is 5.73 Å². The first-order valence-corrected chi connectivity index (χ1v) is 6.03. The van der Waals surface area contributed by atoms with Crippen LogP contribution >= 0.6 is 15.9 Å². The number of halogens is 1. The van der Waals surface area contributed by atoms with E-state index >= 15 is 0 Å². The standard InChI is InChI=1S/C12H18BrNO/c1-9(6-10(7-14)8-15)11-4-2-3-5-12(11)13/h2-5,9-10,15H,6-8,14H2,1H3. The molecule has 0 aliphatic carbocycles. The molecule has 1 aromatic carbocycles. The zero-order valence-electron chi connectivity index (χ0n) is 8.99. The lowest BCUT2D eigenvalue weighted by Gasteiger charge is -2.18. The van der Waals surface area contributed by atoms with Gasteiger partial charge in [0.2, 0.25) is 0 Å². The van der Waals surface area contributed by atoms with Crippen molar-refractivity contribution >= 4 is 15.9 Å². The lowest BCUT2D eigenvalue weighted by Crippen LogP contribution is -2.20. The molecule has 0 heterocycles. The first kappa shape index (κ1) is 12.7. The smallest absolute Gasteiger partial charge is 0.0471 e. The van der Waals surface area contributed by atoms with Gasteiger partial charge in [0.1, 0.15) is 0 Å². The van der Waals surface area contributed by atoms with Crippen molar-refractivity contribution in [1.29, 1.82) is 0 Å². The molecular formula is C12H18BrNO. The first-order chi connectivity index (χ1) is 7.19. The molecule has 3 heteroatoms. The largest absolute Gasteiger partial charge is 0.396 e. The number of aliphatic hydroxyl groups is 1. The van der Waals surface area contributed by atoms with Crippen LogP contribution in [0.2, 0.25) is 0 Å². The second kappa shape index (κ2) is 6.26. The molecule has 0 radical (unpaired) electrons. The van der Waals surface area contributed by atoms with Crippen molar-refractivity contribution in [1.82, 2.24) is 0 Å². The molecule has 15 heavy (non-hydrogen) atoms. The number of hydrogen-bond donors (Lipinski definition) is 2. The van der Waals surface area contributed by atoms with Crippen LogP contribution in [-0.2, 0) is 0 Å². The third kappa shape index (κ3) is 3.59. The number of nitrogens with two attached hydrogens (primary N) is 1. The Morgan fingerprint density at radius 3 is 2.60 bits per heavy atom. The van der Waals surface area contributed by atoms with E-state index in [0.29, 0.717) is 12.5 Å². The molecule has 0 saturated heterocycles. The van der Waals surface area contributed by atoms with E-state index in [1.807, 2.05) is 18.2 Å². The van der Waals surface area contributed by atoms with E-state index in [2.05, 4.69) is 28.9 Å². The molecule has 0 aliphatic heterocycles. The van der Waals surface area contributed by atoms with Gasteiger partial charge in [-0.3, -0.25) is 0 Å². The van der Waals surface area contributed by atoms with Crippen molar-refractivity contribution in [3.8, 4) is 0 Å². The Morgan fingerprint density at radius 2 is 2.07 bits per heavy atom. The maximum absolute atomic E-state index is 9.10. The van der Waals surface area contributed by atoms with Gasteiger partial charge in [-0.1, -0.05) is 41.1 Å². The summed E-state index contributed by atoms with van der Waals surface area (Å²) in [7, 11) is 0. The summed E-state index contributed by atoms with van der Waals surface area (Å²) in [4.78, 5) is 0. The van der Waals surface area contributed by atoms with Gasteiger partial charge in [-0.25, -0.2) is 0 Å². The molecule has 2 nitrogen and oxygen atoms in total. The third-order valence-electron chi connectivity index (χ3n) is 2.71. The zero-order valence-corrected chi connectivity index (χ0v) is 10.6. The minimum Gasteiger partial charge on any atom is -0.396 e. The van der Waals surface area contributed by atoms with Crippen LogP contribution in [-0.4, -0.2) is 18.3 Å². The zero-order chi connectivity index (χ0) is 11.3. The monoisotopic (exact) mass is 271 g/mol. The topological polar surface area (TPSA) is 46.2 Å². The summed E-state index contributed by atoms with van der Waals surface area (Å²) in [5, 5.41) is 9.10. The summed E-state index contributed by atoms with van der Waals surface area (Å²) in [6.45, 7) is 2.88. The van der Waals surface area contributed by atoms with Crippen molar-refractivity contribution in [2.45, 2.75) is 19.3 Å². The molecule has 2 atom stereocenters. The number of benzene rings is 1. The van der Waals surface area contributed by atoms with E-state index in [4.69, 9.17) is 10.8 Å². The van der Waals surface area contributed by atoms with E-state index in [9.17, 15) is 0 Å². The summed E-state index contributed by atoms with van der Waals surface area (Å²) >= 11 is 3.54. The molecule has 1 rings (SSSR count). The third-order valence-corrected chi connectivity index (χ3v) is 3.44. The Morgan fingerprint density at radius 1 is 1.40 bits per heavy atom. The Hall–Kier alpha value is -0.380.